The molecule has 3 heteroatoms. The summed E-state index contributed by atoms with van der Waals surface area (Å²) in [5.74, 6) is -0.463. The van der Waals surface area contributed by atoms with Gasteiger partial charge < -0.3 is 0 Å². The molecule has 0 amide bonds. The molecule has 0 spiro atoms. The second-order valence-electron chi connectivity index (χ2n) is 2.52. The molecule has 0 aliphatic rings. The second kappa shape index (κ2) is 3.68. The summed E-state index contributed by atoms with van der Waals surface area (Å²) in [7, 11) is 0. The maximum Gasteiger partial charge on any atom is 0.152 e. The summed E-state index contributed by atoms with van der Waals surface area (Å²) in [5, 5.41) is -0.661. The van der Waals surface area contributed by atoms with Crippen molar-refractivity contribution in [2.24, 2.45) is 0 Å². The Kier molecular flexibility index (Phi) is 2.82. The Morgan fingerprint density at radius 2 is 1.92 bits per heavy atom. The molecule has 12 heavy (non-hydrogen) atoms. The van der Waals surface area contributed by atoms with Crippen molar-refractivity contribution in [3.05, 3.63) is 35.6 Å². The molecule has 0 aliphatic carbocycles. The van der Waals surface area contributed by atoms with Gasteiger partial charge in [-0.3, -0.25) is 4.79 Å². The van der Waals surface area contributed by atoms with Crippen molar-refractivity contribution in [3.8, 4) is 0 Å². The lowest BCUT2D eigenvalue weighted by atomic mass is 10.1. The topological polar surface area (TPSA) is 17.1 Å². The first kappa shape index (κ1) is 9.20. The van der Waals surface area contributed by atoms with Crippen molar-refractivity contribution in [1.82, 2.24) is 0 Å². The number of carbonyl (C=O) groups is 1. The summed E-state index contributed by atoms with van der Waals surface area (Å²) < 4.78 is 12.4. The number of carbonyl (C=O) groups excluding carboxylic acids is 1. The standard InChI is InChI=1S/C9H8ClFO/c1-6(12)9(10)7-2-4-8(11)5-3-7/h2-5,9H,1H3/t9-/m0/s1. The number of Topliss-reactive ketones (excluding diaryl/α,β-unsaturated/α-hetero) is 1. The Morgan fingerprint density at radius 1 is 1.42 bits per heavy atom. The molecule has 1 rings (SSSR count). The smallest absolute Gasteiger partial charge is 0.152 e. The van der Waals surface area contributed by atoms with Crippen LogP contribution in [-0.2, 0) is 4.79 Å². The summed E-state index contributed by atoms with van der Waals surface area (Å²) in [6, 6.07) is 5.59. The van der Waals surface area contributed by atoms with Gasteiger partial charge in [0.05, 0.1) is 0 Å². The van der Waals surface area contributed by atoms with Gasteiger partial charge in [-0.1, -0.05) is 12.1 Å². The van der Waals surface area contributed by atoms with E-state index in [1.165, 1.54) is 31.2 Å². The van der Waals surface area contributed by atoms with Crippen molar-refractivity contribution in [2.75, 3.05) is 0 Å². The average molecular weight is 187 g/mol. The average Bonchev–Trinajstić information content (AvgIpc) is 2.04. The van der Waals surface area contributed by atoms with Crippen LogP contribution >= 0.6 is 11.6 Å². The fourth-order valence-electron chi connectivity index (χ4n) is 0.866. The lowest BCUT2D eigenvalue weighted by Gasteiger charge is -2.04. The van der Waals surface area contributed by atoms with Crippen LogP contribution in [0.2, 0.25) is 0 Å². The molecule has 0 aliphatic heterocycles. The van der Waals surface area contributed by atoms with Crippen molar-refractivity contribution in [1.29, 1.82) is 0 Å². The van der Waals surface area contributed by atoms with Gasteiger partial charge in [-0.2, -0.15) is 0 Å². The van der Waals surface area contributed by atoms with Gasteiger partial charge in [0, 0.05) is 0 Å². The molecule has 1 aromatic rings. The van der Waals surface area contributed by atoms with Crippen molar-refractivity contribution in [3.63, 3.8) is 0 Å². The second-order valence-corrected chi connectivity index (χ2v) is 2.96. The minimum absolute atomic E-state index is 0.136. The van der Waals surface area contributed by atoms with E-state index in [0.29, 0.717) is 5.56 Å². The molecule has 0 unspecified atom stereocenters. The predicted molar refractivity (Wildman–Crippen MR) is 45.7 cm³/mol. The Hall–Kier alpha value is -0.890. The van der Waals surface area contributed by atoms with Crippen LogP contribution in [0, 0.1) is 5.82 Å². The third-order valence-corrected chi connectivity index (χ3v) is 2.08. The largest absolute Gasteiger partial charge is 0.298 e. The van der Waals surface area contributed by atoms with E-state index in [9.17, 15) is 9.18 Å². The van der Waals surface area contributed by atoms with Gasteiger partial charge in [-0.25, -0.2) is 4.39 Å². The molecule has 0 heterocycles. The Morgan fingerprint density at radius 3 is 2.33 bits per heavy atom. The van der Waals surface area contributed by atoms with E-state index in [1.807, 2.05) is 0 Å². The molecule has 0 radical (unpaired) electrons. The normalized spacial score (nSPS) is 12.6. The number of hydrogen-bond acceptors (Lipinski definition) is 1. The zero-order valence-corrected chi connectivity index (χ0v) is 7.31. The highest BCUT2D eigenvalue weighted by Crippen LogP contribution is 2.20. The van der Waals surface area contributed by atoms with Crippen LogP contribution in [0.1, 0.15) is 17.9 Å². The monoisotopic (exact) mass is 186 g/mol. The number of hydrogen-bond donors (Lipinski definition) is 0. The van der Waals surface area contributed by atoms with Gasteiger partial charge in [-0.15, -0.1) is 11.6 Å². The van der Waals surface area contributed by atoms with Crippen LogP contribution in [0.4, 0.5) is 4.39 Å². The number of ketones is 1. The molecule has 1 nitrogen and oxygen atoms in total. The van der Waals surface area contributed by atoms with Crippen LogP contribution < -0.4 is 0 Å². The quantitative estimate of drug-likeness (QED) is 0.649. The first-order valence-corrected chi connectivity index (χ1v) is 3.95. The molecule has 0 aromatic heterocycles. The van der Waals surface area contributed by atoms with E-state index in [2.05, 4.69) is 0 Å². The van der Waals surface area contributed by atoms with Gasteiger partial charge in [0.2, 0.25) is 0 Å². The number of rotatable bonds is 2. The van der Waals surface area contributed by atoms with E-state index in [0.717, 1.165) is 0 Å². The van der Waals surface area contributed by atoms with Crippen LogP contribution in [0.15, 0.2) is 24.3 Å². The summed E-state index contributed by atoms with van der Waals surface area (Å²) in [4.78, 5) is 10.8. The first-order chi connectivity index (χ1) is 5.61. The lowest BCUT2D eigenvalue weighted by Crippen LogP contribution is -2.00. The Labute approximate surface area is 75.2 Å². The van der Waals surface area contributed by atoms with E-state index in [4.69, 9.17) is 11.6 Å². The predicted octanol–water partition coefficient (Wildman–Crippen LogP) is 2.69. The van der Waals surface area contributed by atoms with Gasteiger partial charge in [0.15, 0.2) is 5.78 Å². The zero-order chi connectivity index (χ0) is 9.14. The Bertz CT molecular complexity index is 281. The lowest BCUT2D eigenvalue weighted by molar-refractivity contribution is -0.116. The maximum absolute atomic E-state index is 12.4. The van der Waals surface area contributed by atoms with E-state index in [1.54, 1.807) is 0 Å². The number of benzene rings is 1. The highest BCUT2D eigenvalue weighted by Gasteiger charge is 2.11. The van der Waals surface area contributed by atoms with Gasteiger partial charge >= 0.3 is 0 Å². The molecular weight excluding hydrogens is 179 g/mol. The Balaban J connectivity index is 2.89. The summed E-state index contributed by atoms with van der Waals surface area (Å²) in [6.45, 7) is 1.40. The third kappa shape index (κ3) is 2.05. The molecule has 1 atom stereocenters. The number of alkyl halides is 1. The summed E-state index contributed by atoms with van der Waals surface area (Å²) in [6.07, 6.45) is 0. The summed E-state index contributed by atoms with van der Waals surface area (Å²) >= 11 is 5.72. The van der Waals surface area contributed by atoms with Crippen molar-refractivity contribution < 1.29 is 9.18 Å². The molecule has 64 valence electrons. The molecular formula is C9H8ClFO. The SMILES string of the molecule is CC(=O)[C@H](Cl)c1ccc(F)cc1. The fourth-order valence-corrected chi connectivity index (χ4v) is 1.01. The summed E-state index contributed by atoms with van der Waals surface area (Å²) in [5.41, 5.74) is 0.630. The molecule has 0 bridgehead atoms. The van der Waals surface area contributed by atoms with Crippen LogP contribution in [0.3, 0.4) is 0 Å². The van der Waals surface area contributed by atoms with Gasteiger partial charge in [0.25, 0.3) is 0 Å². The first-order valence-electron chi connectivity index (χ1n) is 3.51. The molecule has 0 saturated heterocycles. The molecule has 0 saturated carbocycles. The van der Waals surface area contributed by atoms with E-state index < -0.39 is 5.38 Å². The highest BCUT2D eigenvalue weighted by molar-refractivity contribution is 6.30. The van der Waals surface area contributed by atoms with Crippen LogP contribution in [-0.4, -0.2) is 5.78 Å². The van der Waals surface area contributed by atoms with Gasteiger partial charge in [-0.05, 0) is 24.6 Å². The highest BCUT2D eigenvalue weighted by atomic mass is 35.5. The van der Waals surface area contributed by atoms with Crippen LogP contribution in [0.25, 0.3) is 0 Å². The minimum Gasteiger partial charge on any atom is -0.298 e. The van der Waals surface area contributed by atoms with Crippen LogP contribution in [0.5, 0.6) is 0 Å². The molecule has 1 aromatic carbocycles. The maximum atomic E-state index is 12.4. The van der Waals surface area contributed by atoms with Gasteiger partial charge in [0.1, 0.15) is 11.2 Å². The van der Waals surface area contributed by atoms with E-state index in [-0.39, 0.29) is 11.6 Å². The molecule has 0 N–H and O–H groups in total. The molecule has 0 fully saturated rings. The third-order valence-electron chi connectivity index (χ3n) is 1.52. The fraction of sp³-hybridized carbons (Fsp3) is 0.222. The van der Waals surface area contributed by atoms with Crippen molar-refractivity contribution in [2.45, 2.75) is 12.3 Å². The van der Waals surface area contributed by atoms with Crippen molar-refractivity contribution >= 4 is 17.4 Å². The number of halogens is 2. The minimum atomic E-state index is -0.661. The van der Waals surface area contributed by atoms with E-state index >= 15 is 0 Å². The zero-order valence-electron chi connectivity index (χ0n) is 6.55.